The SMILES string of the molecule is NC1(c2ccc3sc(C(F)(F)F)cc3c2)CCC1. The highest BCUT2D eigenvalue weighted by Gasteiger charge is 2.35. The Morgan fingerprint density at radius 3 is 2.44 bits per heavy atom. The Balaban J connectivity index is 2.07. The van der Waals surface area contributed by atoms with Crippen molar-refractivity contribution in [3.63, 3.8) is 0 Å². The third-order valence-corrected chi connectivity index (χ3v) is 4.78. The zero-order valence-electron chi connectivity index (χ0n) is 9.55. The van der Waals surface area contributed by atoms with Crippen LogP contribution in [-0.4, -0.2) is 0 Å². The topological polar surface area (TPSA) is 26.0 Å². The van der Waals surface area contributed by atoms with Gasteiger partial charge in [-0.3, -0.25) is 0 Å². The summed E-state index contributed by atoms with van der Waals surface area (Å²) in [7, 11) is 0. The maximum Gasteiger partial charge on any atom is 0.425 e. The molecule has 2 aromatic rings. The third kappa shape index (κ3) is 1.82. The zero-order chi connectivity index (χ0) is 13.0. The molecule has 1 fully saturated rings. The number of fused-ring (bicyclic) bond motifs is 1. The molecule has 96 valence electrons. The van der Waals surface area contributed by atoms with Gasteiger partial charge in [-0.1, -0.05) is 6.07 Å². The molecule has 1 saturated carbocycles. The number of benzene rings is 1. The summed E-state index contributed by atoms with van der Waals surface area (Å²) in [5.41, 5.74) is 6.82. The van der Waals surface area contributed by atoms with E-state index in [1.165, 1.54) is 6.07 Å². The molecule has 1 aliphatic carbocycles. The Hall–Kier alpha value is -1.07. The van der Waals surface area contributed by atoms with Crippen molar-refractivity contribution in [2.45, 2.75) is 31.0 Å². The van der Waals surface area contributed by atoms with Crippen molar-refractivity contribution < 1.29 is 13.2 Å². The second-order valence-corrected chi connectivity index (χ2v) is 5.95. The molecule has 0 bridgehead atoms. The predicted octanol–water partition coefficient (Wildman–Crippen LogP) is 4.26. The molecule has 2 N–H and O–H groups in total. The third-order valence-electron chi connectivity index (χ3n) is 3.62. The lowest BCUT2D eigenvalue weighted by Gasteiger charge is -2.38. The number of nitrogens with two attached hydrogens (primary N) is 1. The molecule has 1 aromatic heterocycles. The van der Waals surface area contributed by atoms with Crippen molar-refractivity contribution in [3.05, 3.63) is 34.7 Å². The minimum absolute atomic E-state index is 0.325. The van der Waals surface area contributed by atoms with Crippen LogP contribution in [0.2, 0.25) is 0 Å². The van der Waals surface area contributed by atoms with Gasteiger partial charge in [0.15, 0.2) is 0 Å². The van der Waals surface area contributed by atoms with Crippen LogP contribution < -0.4 is 5.73 Å². The summed E-state index contributed by atoms with van der Waals surface area (Å²) in [6.45, 7) is 0. The average molecular weight is 271 g/mol. The van der Waals surface area contributed by atoms with E-state index >= 15 is 0 Å². The molecule has 0 spiro atoms. The van der Waals surface area contributed by atoms with Gasteiger partial charge in [-0.05, 0) is 48.4 Å². The van der Waals surface area contributed by atoms with Gasteiger partial charge in [0.05, 0.1) is 0 Å². The van der Waals surface area contributed by atoms with Gasteiger partial charge in [0.25, 0.3) is 0 Å². The first-order valence-electron chi connectivity index (χ1n) is 5.79. The van der Waals surface area contributed by atoms with Gasteiger partial charge in [-0.25, -0.2) is 0 Å². The summed E-state index contributed by atoms with van der Waals surface area (Å²) < 4.78 is 38.5. The van der Waals surface area contributed by atoms with Crippen molar-refractivity contribution in [3.8, 4) is 0 Å². The Morgan fingerprint density at radius 1 is 1.17 bits per heavy atom. The highest BCUT2D eigenvalue weighted by Crippen LogP contribution is 2.42. The van der Waals surface area contributed by atoms with Crippen LogP contribution >= 0.6 is 11.3 Å². The summed E-state index contributed by atoms with van der Waals surface area (Å²) in [6, 6.07) is 6.63. The van der Waals surface area contributed by atoms with Crippen LogP contribution in [0.3, 0.4) is 0 Å². The first-order valence-corrected chi connectivity index (χ1v) is 6.60. The Bertz CT molecular complexity index is 596. The normalized spacial score (nSPS) is 18.9. The van der Waals surface area contributed by atoms with Crippen molar-refractivity contribution in [1.82, 2.24) is 0 Å². The maximum atomic E-state index is 12.6. The number of halogens is 3. The molecule has 1 aromatic carbocycles. The summed E-state index contributed by atoms with van der Waals surface area (Å²) in [6.07, 6.45) is -1.35. The standard InChI is InChI=1S/C13H12F3NS/c14-13(15,16)11-7-8-6-9(2-3-10(8)18-11)12(17)4-1-5-12/h2-3,6-7H,1,4-5,17H2. The van der Waals surface area contributed by atoms with Gasteiger partial charge < -0.3 is 5.73 Å². The lowest BCUT2D eigenvalue weighted by atomic mass is 9.72. The molecular formula is C13H12F3NS. The fourth-order valence-electron chi connectivity index (χ4n) is 2.34. The molecule has 1 aliphatic rings. The molecule has 5 heteroatoms. The molecule has 0 radical (unpaired) electrons. The van der Waals surface area contributed by atoms with Gasteiger partial charge in [0.2, 0.25) is 0 Å². The fourth-order valence-corrected chi connectivity index (χ4v) is 3.25. The van der Waals surface area contributed by atoms with Gasteiger partial charge in [-0.2, -0.15) is 13.2 Å². The molecule has 0 amide bonds. The minimum atomic E-state index is -4.26. The predicted molar refractivity (Wildman–Crippen MR) is 66.5 cm³/mol. The molecule has 0 saturated heterocycles. The molecule has 3 rings (SSSR count). The summed E-state index contributed by atoms with van der Waals surface area (Å²) in [4.78, 5) is -0.547. The van der Waals surface area contributed by atoms with Crippen molar-refractivity contribution in [2.75, 3.05) is 0 Å². The number of alkyl halides is 3. The maximum absolute atomic E-state index is 12.6. The van der Waals surface area contributed by atoms with Crippen molar-refractivity contribution in [1.29, 1.82) is 0 Å². The van der Waals surface area contributed by atoms with E-state index < -0.39 is 11.1 Å². The Kier molecular flexibility index (Phi) is 2.47. The molecule has 18 heavy (non-hydrogen) atoms. The highest BCUT2D eigenvalue weighted by atomic mass is 32.1. The van der Waals surface area contributed by atoms with E-state index in [4.69, 9.17) is 5.73 Å². The Morgan fingerprint density at radius 2 is 1.89 bits per heavy atom. The second kappa shape index (κ2) is 3.71. The average Bonchev–Trinajstić information content (AvgIpc) is 2.68. The largest absolute Gasteiger partial charge is 0.425 e. The van der Waals surface area contributed by atoms with Gasteiger partial charge in [0, 0.05) is 10.2 Å². The van der Waals surface area contributed by atoms with E-state index in [1.807, 2.05) is 6.07 Å². The molecule has 1 heterocycles. The first-order chi connectivity index (χ1) is 8.38. The highest BCUT2D eigenvalue weighted by molar-refractivity contribution is 7.19. The van der Waals surface area contributed by atoms with Crippen LogP contribution in [0.1, 0.15) is 29.7 Å². The minimum Gasteiger partial charge on any atom is -0.321 e. The van der Waals surface area contributed by atoms with Crippen LogP contribution in [0.5, 0.6) is 0 Å². The van der Waals surface area contributed by atoms with Crippen LogP contribution in [0.4, 0.5) is 13.2 Å². The number of hydrogen-bond donors (Lipinski definition) is 1. The zero-order valence-corrected chi connectivity index (χ0v) is 10.4. The van der Waals surface area contributed by atoms with Crippen LogP contribution in [-0.2, 0) is 11.7 Å². The van der Waals surface area contributed by atoms with E-state index in [9.17, 15) is 13.2 Å². The Labute approximate surface area is 106 Å². The molecular weight excluding hydrogens is 259 g/mol. The lowest BCUT2D eigenvalue weighted by Crippen LogP contribution is -2.43. The molecule has 0 unspecified atom stereocenters. The van der Waals surface area contributed by atoms with Crippen LogP contribution in [0.15, 0.2) is 24.3 Å². The van der Waals surface area contributed by atoms with Gasteiger partial charge in [0.1, 0.15) is 4.88 Å². The van der Waals surface area contributed by atoms with E-state index in [2.05, 4.69) is 0 Å². The lowest BCUT2D eigenvalue weighted by molar-refractivity contribution is -0.134. The quantitative estimate of drug-likeness (QED) is 0.824. The number of thiophene rings is 1. The summed E-state index contributed by atoms with van der Waals surface area (Å²) in [5.74, 6) is 0. The van der Waals surface area contributed by atoms with Gasteiger partial charge >= 0.3 is 6.18 Å². The smallest absolute Gasteiger partial charge is 0.321 e. The van der Waals surface area contributed by atoms with Crippen molar-refractivity contribution >= 4 is 21.4 Å². The second-order valence-electron chi connectivity index (χ2n) is 4.87. The van der Waals surface area contributed by atoms with Gasteiger partial charge in [-0.15, -0.1) is 11.3 Å². The van der Waals surface area contributed by atoms with E-state index in [0.717, 1.165) is 36.2 Å². The summed E-state index contributed by atoms with van der Waals surface area (Å²) in [5, 5.41) is 0.640. The molecule has 1 nitrogen and oxygen atoms in total. The van der Waals surface area contributed by atoms with E-state index in [1.54, 1.807) is 12.1 Å². The van der Waals surface area contributed by atoms with Crippen molar-refractivity contribution in [2.24, 2.45) is 5.73 Å². The summed E-state index contributed by atoms with van der Waals surface area (Å²) >= 11 is 0.783. The van der Waals surface area contributed by atoms with Crippen LogP contribution in [0, 0.1) is 0 Å². The van der Waals surface area contributed by atoms with E-state index in [0.29, 0.717) is 10.1 Å². The molecule has 0 atom stereocenters. The number of rotatable bonds is 1. The fraction of sp³-hybridized carbons (Fsp3) is 0.385. The number of hydrogen-bond acceptors (Lipinski definition) is 2. The van der Waals surface area contributed by atoms with E-state index in [-0.39, 0.29) is 5.54 Å². The first kappa shape index (κ1) is 12.0. The monoisotopic (exact) mass is 271 g/mol. The molecule has 0 aliphatic heterocycles. The van der Waals surface area contributed by atoms with Crippen LogP contribution in [0.25, 0.3) is 10.1 Å².